The van der Waals surface area contributed by atoms with Crippen molar-refractivity contribution >= 4 is 17.1 Å². The summed E-state index contributed by atoms with van der Waals surface area (Å²) < 4.78 is 20.2. The summed E-state index contributed by atoms with van der Waals surface area (Å²) in [6.07, 6.45) is 8.02. The molecule has 1 aliphatic rings. The molecule has 0 radical (unpaired) electrons. The molecular formula is C25H30N6O6. The lowest BCUT2D eigenvalue weighted by molar-refractivity contribution is 0.0966. The van der Waals surface area contributed by atoms with Gasteiger partial charge in [-0.1, -0.05) is 0 Å². The van der Waals surface area contributed by atoms with Crippen LogP contribution in [0, 0.1) is 0 Å². The number of nitrogens with one attached hydrogen (secondary N) is 1. The molecular weight excluding hydrogens is 480 g/mol. The van der Waals surface area contributed by atoms with Gasteiger partial charge in [-0.3, -0.25) is 18.7 Å². The molecule has 1 aromatic carbocycles. The van der Waals surface area contributed by atoms with Crippen LogP contribution in [-0.4, -0.2) is 63.9 Å². The number of fused-ring (bicyclic) bond motifs is 1. The summed E-state index contributed by atoms with van der Waals surface area (Å²) >= 11 is 0. The molecule has 196 valence electrons. The quantitative estimate of drug-likeness (QED) is 0.452. The van der Waals surface area contributed by atoms with Crippen molar-refractivity contribution in [1.82, 2.24) is 28.9 Å². The zero-order chi connectivity index (χ0) is 26.7. The molecule has 1 aliphatic heterocycles. The van der Waals surface area contributed by atoms with Gasteiger partial charge in [0.2, 0.25) is 5.75 Å². The number of methoxy groups -OCH3 is 3. The fraction of sp³-hybridized carbons (Fsp3) is 0.360. The number of allylic oxidation sites excluding steroid dienone is 1. The van der Waals surface area contributed by atoms with Crippen LogP contribution in [0.3, 0.4) is 0 Å². The van der Waals surface area contributed by atoms with Crippen LogP contribution < -0.4 is 30.8 Å². The molecule has 12 nitrogen and oxygen atoms in total. The summed E-state index contributed by atoms with van der Waals surface area (Å²) in [4.78, 5) is 43.9. The maximum Gasteiger partial charge on any atom is 0.332 e. The summed E-state index contributed by atoms with van der Waals surface area (Å²) in [6.45, 7) is 1.91. The van der Waals surface area contributed by atoms with E-state index in [0.29, 0.717) is 52.8 Å². The molecule has 1 amide bonds. The van der Waals surface area contributed by atoms with Gasteiger partial charge in [0.15, 0.2) is 22.7 Å². The molecule has 0 saturated heterocycles. The van der Waals surface area contributed by atoms with Gasteiger partial charge in [-0.05, 0) is 30.7 Å². The van der Waals surface area contributed by atoms with Crippen LogP contribution in [0.2, 0.25) is 0 Å². The first kappa shape index (κ1) is 25.6. The third-order valence-electron chi connectivity index (χ3n) is 6.26. The van der Waals surface area contributed by atoms with Gasteiger partial charge in [0, 0.05) is 51.2 Å². The lowest BCUT2D eigenvalue weighted by Crippen LogP contribution is -2.37. The van der Waals surface area contributed by atoms with E-state index in [4.69, 9.17) is 14.2 Å². The van der Waals surface area contributed by atoms with E-state index in [9.17, 15) is 14.4 Å². The topological polar surface area (TPSA) is 122 Å². The van der Waals surface area contributed by atoms with Crippen molar-refractivity contribution in [2.45, 2.75) is 13.0 Å². The molecule has 12 heteroatoms. The number of rotatable bonds is 9. The number of ether oxygens (including phenoxy) is 3. The van der Waals surface area contributed by atoms with E-state index in [-0.39, 0.29) is 11.5 Å². The van der Waals surface area contributed by atoms with Gasteiger partial charge < -0.3 is 29.0 Å². The highest BCUT2D eigenvalue weighted by Gasteiger charge is 2.18. The fourth-order valence-electron chi connectivity index (χ4n) is 4.21. The normalized spacial score (nSPS) is 13.0. The Hall–Kier alpha value is -4.48. The van der Waals surface area contributed by atoms with E-state index in [1.54, 1.807) is 30.1 Å². The molecule has 0 spiro atoms. The number of aromatic nitrogens is 4. The summed E-state index contributed by atoms with van der Waals surface area (Å²) in [5.74, 6) is 0.919. The van der Waals surface area contributed by atoms with Crippen LogP contribution >= 0.6 is 0 Å². The Morgan fingerprint density at radius 2 is 1.73 bits per heavy atom. The predicted molar refractivity (Wildman–Crippen MR) is 137 cm³/mol. The first-order valence-electron chi connectivity index (χ1n) is 11.6. The summed E-state index contributed by atoms with van der Waals surface area (Å²) in [5, 5.41) is 2.90. The van der Waals surface area contributed by atoms with Crippen molar-refractivity contribution in [2.75, 3.05) is 34.4 Å². The van der Waals surface area contributed by atoms with Gasteiger partial charge in [0.25, 0.3) is 11.5 Å². The van der Waals surface area contributed by atoms with Crippen molar-refractivity contribution in [3.05, 3.63) is 68.9 Å². The number of hydrogen-bond donors (Lipinski definition) is 1. The monoisotopic (exact) mass is 510 g/mol. The number of nitrogens with zero attached hydrogens (tertiary/aromatic N) is 5. The molecule has 0 unspecified atom stereocenters. The number of aryl methyl sites for hydroxylation is 2. The maximum atomic E-state index is 12.8. The van der Waals surface area contributed by atoms with Gasteiger partial charge >= 0.3 is 5.69 Å². The van der Waals surface area contributed by atoms with E-state index in [2.05, 4.69) is 15.2 Å². The zero-order valence-corrected chi connectivity index (χ0v) is 21.5. The average Bonchev–Trinajstić information content (AvgIpc) is 3.34. The Morgan fingerprint density at radius 3 is 2.32 bits per heavy atom. The molecule has 3 aromatic rings. The molecule has 0 fully saturated rings. The van der Waals surface area contributed by atoms with Gasteiger partial charge in [-0.15, -0.1) is 0 Å². The molecule has 0 saturated carbocycles. The Kier molecular flexibility index (Phi) is 7.37. The number of benzene rings is 1. The van der Waals surface area contributed by atoms with Crippen LogP contribution in [0.4, 0.5) is 0 Å². The maximum absolute atomic E-state index is 12.8. The van der Waals surface area contributed by atoms with E-state index in [1.807, 2.05) is 18.4 Å². The number of amides is 1. The van der Waals surface area contributed by atoms with Gasteiger partial charge in [0.05, 0.1) is 27.7 Å². The van der Waals surface area contributed by atoms with Crippen molar-refractivity contribution in [3.8, 4) is 17.2 Å². The third kappa shape index (κ3) is 4.95. The Balaban J connectivity index is 1.35. The highest BCUT2D eigenvalue weighted by atomic mass is 16.5. The van der Waals surface area contributed by atoms with E-state index in [0.717, 1.165) is 17.5 Å². The minimum atomic E-state index is -0.402. The average molecular weight is 511 g/mol. The number of hydrogen-bond acceptors (Lipinski definition) is 8. The van der Waals surface area contributed by atoms with Gasteiger partial charge in [0.1, 0.15) is 0 Å². The zero-order valence-electron chi connectivity index (χ0n) is 21.5. The minimum absolute atomic E-state index is 0.299. The standard InChI is InChI=1S/C25H30N6O6/c1-28-22-20(24(33)29(2)25(28)34)31(15-26-22)10-6-9-30-11-7-17(8-12-30)27-23(32)16-13-18(35-3)21(37-5)19(14-16)36-4/h7-8,11,13-15H,6,9-10,12H2,1-5H3,(H,27,32). The number of carbonyl (C=O) groups is 1. The van der Waals surface area contributed by atoms with Crippen LogP contribution in [0.1, 0.15) is 16.8 Å². The molecule has 0 bridgehead atoms. The molecule has 4 rings (SSSR count). The van der Waals surface area contributed by atoms with E-state index >= 15 is 0 Å². The SMILES string of the molecule is COc1cc(C(=O)NC2=CCN(CCCn3cnc4c3c(=O)n(C)c(=O)n4C)C=C2)cc(OC)c1OC. The highest BCUT2D eigenvalue weighted by Crippen LogP contribution is 2.38. The fourth-order valence-corrected chi connectivity index (χ4v) is 4.21. The smallest absolute Gasteiger partial charge is 0.332 e. The molecule has 1 N–H and O–H groups in total. The largest absolute Gasteiger partial charge is 0.493 e. The van der Waals surface area contributed by atoms with Crippen molar-refractivity contribution in [2.24, 2.45) is 14.1 Å². The van der Waals surface area contributed by atoms with E-state index in [1.165, 1.54) is 32.9 Å². The van der Waals surface area contributed by atoms with Crippen LogP contribution in [-0.2, 0) is 20.6 Å². The molecule has 3 heterocycles. The number of imidazole rings is 1. The lowest BCUT2D eigenvalue weighted by Gasteiger charge is -2.23. The molecule has 37 heavy (non-hydrogen) atoms. The van der Waals surface area contributed by atoms with Gasteiger partial charge in [-0.2, -0.15) is 0 Å². The Bertz CT molecular complexity index is 1490. The van der Waals surface area contributed by atoms with Crippen LogP contribution in [0.25, 0.3) is 11.2 Å². The number of carbonyl (C=O) groups excluding carboxylic acids is 1. The second kappa shape index (κ2) is 10.6. The predicted octanol–water partition coefficient (Wildman–Crippen LogP) is 0.993. The summed E-state index contributed by atoms with van der Waals surface area (Å²) in [5.41, 5.74) is 1.09. The van der Waals surface area contributed by atoms with Gasteiger partial charge in [-0.25, -0.2) is 9.78 Å². The highest BCUT2D eigenvalue weighted by molar-refractivity contribution is 5.97. The third-order valence-corrected chi connectivity index (χ3v) is 6.26. The first-order chi connectivity index (χ1) is 17.8. The molecule has 2 aromatic heterocycles. The lowest BCUT2D eigenvalue weighted by atomic mass is 10.1. The van der Waals surface area contributed by atoms with E-state index < -0.39 is 5.69 Å². The minimum Gasteiger partial charge on any atom is -0.493 e. The molecule has 0 atom stereocenters. The summed E-state index contributed by atoms with van der Waals surface area (Å²) in [7, 11) is 7.56. The Morgan fingerprint density at radius 1 is 1.03 bits per heavy atom. The second-order valence-corrected chi connectivity index (χ2v) is 8.51. The van der Waals surface area contributed by atoms with Crippen molar-refractivity contribution in [3.63, 3.8) is 0 Å². The van der Waals surface area contributed by atoms with Crippen molar-refractivity contribution in [1.29, 1.82) is 0 Å². The van der Waals surface area contributed by atoms with Crippen molar-refractivity contribution < 1.29 is 19.0 Å². The van der Waals surface area contributed by atoms with Crippen LogP contribution in [0.15, 0.2) is 52.1 Å². The van der Waals surface area contributed by atoms with Crippen LogP contribution in [0.5, 0.6) is 17.2 Å². The second-order valence-electron chi connectivity index (χ2n) is 8.51. The summed E-state index contributed by atoms with van der Waals surface area (Å²) in [6, 6.07) is 3.20. The Labute approximate surface area is 213 Å². The molecule has 0 aliphatic carbocycles. The first-order valence-corrected chi connectivity index (χ1v) is 11.6.